The maximum atomic E-state index is 5.77. The molecule has 0 unspecified atom stereocenters. The molecular weight excluding hydrogens is 282 g/mol. The van der Waals surface area contributed by atoms with Crippen LogP contribution in [0, 0.1) is 0 Å². The summed E-state index contributed by atoms with van der Waals surface area (Å²) in [4.78, 5) is 9.68. The van der Waals surface area contributed by atoms with Gasteiger partial charge in [0.2, 0.25) is 11.8 Å². The molecular formula is C16H15N3OS. The number of ether oxygens (including phenoxy) is 1. The Morgan fingerprint density at radius 2 is 2.05 bits per heavy atom. The molecule has 0 saturated carbocycles. The lowest BCUT2D eigenvalue weighted by Gasteiger charge is -2.06. The zero-order valence-electron chi connectivity index (χ0n) is 11.6. The molecule has 0 spiro atoms. The van der Waals surface area contributed by atoms with Gasteiger partial charge >= 0.3 is 0 Å². The number of anilines is 1. The predicted molar refractivity (Wildman–Crippen MR) is 87.9 cm³/mol. The van der Waals surface area contributed by atoms with Crippen molar-refractivity contribution in [3.8, 4) is 5.88 Å². The van der Waals surface area contributed by atoms with Gasteiger partial charge in [-0.1, -0.05) is 36.4 Å². The van der Waals surface area contributed by atoms with Gasteiger partial charge in [0.05, 0.1) is 5.39 Å². The molecule has 2 heterocycles. The van der Waals surface area contributed by atoms with E-state index in [1.807, 2.05) is 41.8 Å². The van der Waals surface area contributed by atoms with Gasteiger partial charge in [0.15, 0.2) is 0 Å². The van der Waals surface area contributed by atoms with E-state index < -0.39 is 0 Å². The summed E-state index contributed by atoms with van der Waals surface area (Å²) < 4.78 is 5.77. The van der Waals surface area contributed by atoms with Gasteiger partial charge in [-0.05, 0) is 23.1 Å². The second kappa shape index (κ2) is 6.37. The van der Waals surface area contributed by atoms with Crippen molar-refractivity contribution in [2.75, 3.05) is 19.0 Å². The molecule has 3 rings (SSSR count). The van der Waals surface area contributed by atoms with Crippen molar-refractivity contribution >= 4 is 33.6 Å². The van der Waals surface area contributed by atoms with Crippen molar-refractivity contribution in [1.29, 1.82) is 0 Å². The summed E-state index contributed by atoms with van der Waals surface area (Å²) in [6.45, 7) is 0.472. The van der Waals surface area contributed by atoms with Crippen LogP contribution in [0.15, 0.2) is 47.9 Å². The van der Waals surface area contributed by atoms with Crippen molar-refractivity contribution in [3.63, 3.8) is 0 Å². The molecule has 0 atom stereocenters. The van der Waals surface area contributed by atoms with Gasteiger partial charge < -0.3 is 10.1 Å². The van der Waals surface area contributed by atoms with Gasteiger partial charge in [-0.15, -0.1) is 11.3 Å². The molecule has 0 saturated heterocycles. The Hall–Kier alpha value is -2.40. The molecule has 0 aliphatic carbocycles. The third-order valence-electron chi connectivity index (χ3n) is 2.94. The Morgan fingerprint density at radius 3 is 2.86 bits per heavy atom. The summed E-state index contributed by atoms with van der Waals surface area (Å²) in [5.74, 6) is 1.19. The average Bonchev–Trinajstić information content (AvgIpc) is 3.00. The number of fused-ring (bicyclic) bond motifs is 1. The van der Waals surface area contributed by atoms with Crippen molar-refractivity contribution in [2.24, 2.45) is 0 Å². The number of hydrogen-bond donors (Lipinski definition) is 1. The first kappa shape index (κ1) is 13.6. The van der Waals surface area contributed by atoms with Crippen LogP contribution in [0.3, 0.4) is 0 Å². The van der Waals surface area contributed by atoms with E-state index in [0.29, 0.717) is 18.4 Å². The van der Waals surface area contributed by atoms with Crippen LogP contribution in [-0.2, 0) is 0 Å². The minimum Gasteiger partial charge on any atom is -0.473 e. The summed E-state index contributed by atoms with van der Waals surface area (Å²) >= 11 is 1.58. The molecule has 106 valence electrons. The van der Waals surface area contributed by atoms with Gasteiger partial charge in [0, 0.05) is 7.05 Å². The highest BCUT2D eigenvalue weighted by Crippen LogP contribution is 2.27. The summed E-state index contributed by atoms with van der Waals surface area (Å²) in [5, 5.41) is 5.89. The standard InChI is InChI=1S/C16H15N3OS/c1-17-16-18-14(13-9-11-21-15(13)19-16)20-10-5-8-12-6-3-2-4-7-12/h2-9,11H,10H2,1H3,(H,17,18,19)/b8-5+. The number of rotatable bonds is 5. The Morgan fingerprint density at radius 1 is 1.19 bits per heavy atom. The van der Waals surface area contributed by atoms with E-state index in [2.05, 4.69) is 27.4 Å². The summed E-state index contributed by atoms with van der Waals surface area (Å²) in [7, 11) is 1.80. The van der Waals surface area contributed by atoms with E-state index in [-0.39, 0.29) is 0 Å². The molecule has 0 aliphatic heterocycles. The molecule has 3 aromatic rings. The largest absolute Gasteiger partial charge is 0.473 e. The second-order valence-electron chi connectivity index (χ2n) is 4.37. The lowest BCUT2D eigenvalue weighted by Crippen LogP contribution is -2.01. The average molecular weight is 297 g/mol. The van der Waals surface area contributed by atoms with E-state index in [9.17, 15) is 0 Å². The molecule has 0 amide bonds. The first-order valence-electron chi connectivity index (χ1n) is 6.64. The maximum Gasteiger partial charge on any atom is 0.227 e. The lowest BCUT2D eigenvalue weighted by molar-refractivity contribution is 0.354. The van der Waals surface area contributed by atoms with Crippen LogP contribution in [-0.4, -0.2) is 23.6 Å². The van der Waals surface area contributed by atoms with Crippen LogP contribution in [0.4, 0.5) is 5.95 Å². The minimum atomic E-state index is 0.472. The zero-order valence-corrected chi connectivity index (χ0v) is 12.4. The summed E-state index contributed by atoms with van der Waals surface area (Å²) in [5.41, 5.74) is 1.15. The number of thiophene rings is 1. The SMILES string of the molecule is CNc1nc(OC/C=C/c2ccccc2)c2ccsc2n1. The van der Waals surface area contributed by atoms with E-state index >= 15 is 0 Å². The molecule has 1 aromatic carbocycles. The molecule has 0 fully saturated rings. The zero-order chi connectivity index (χ0) is 14.5. The van der Waals surface area contributed by atoms with Gasteiger partial charge in [-0.3, -0.25) is 0 Å². The molecule has 0 bridgehead atoms. The fourth-order valence-corrected chi connectivity index (χ4v) is 2.68. The van der Waals surface area contributed by atoms with Crippen LogP contribution in [0.5, 0.6) is 5.88 Å². The summed E-state index contributed by atoms with van der Waals surface area (Å²) in [6, 6.07) is 12.1. The number of aromatic nitrogens is 2. The molecule has 5 heteroatoms. The van der Waals surface area contributed by atoms with Crippen LogP contribution in [0.2, 0.25) is 0 Å². The molecule has 0 radical (unpaired) electrons. The maximum absolute atomic E-state index is 5.77. The monoisotopic (exact) mass is 297 g/mol. The molecule has 21 heavy (non-hydrogen) atoms. The highest BCUT2D eigenvalue weighted by atomic mass is 32.1. The van der Waals surface area contributed by atoms with E-state index in [1.165, 1.54) is 0 Å². The normalized spacial score (nSPS) is 11.1. The lowest BCUT2D eigenvalue weighted by atomic mass is 10.2. The Balaban J connectivity index is 1.73. The Labute approximate surface area is 127 Å². The Kier molecular flexibility index (Phi) is 4.12. The van der Waals surface area contributed by atoms with Crippen molar-refractivity contribution < 1.29 is 4.74 Å². The van der Waals surface area contributed by atoms with Gasteiger partial charge in [0.25, 0.3) is 0 Å². The van der Waals surface area contributed by atoms with Gasteiger partial charge in [-0.2, -0.15) is 4.98 Å². The van der Waals surface area contributed by atoms with Crippen LogP contribution in [0.1, 0.15) is 5.56 Å². The third-order valence-corrected chi connectivity index (χ3v) is 3.75. The highest BCUT2D eigenvalue weighted by molar-refractivity contribution is 7.16. The fraction of sp³-hybridized carbons (Fsp3) is 0.125. The van der Waals surface area contributed by atoms with Gasteiger partial charge in [-0.25, -0.2) is 4.98 Å². The Bertz CT molecular complexity index is 753. The summed E-state index contributed by atoms with van der Waals surface area (Å²) in [6.07, 6.45) is 4.01. The van der Waals surface area contributed by atoms with Crippen molar-refractivity contribution in [2.45, 2.75) is 0 Å². The van der Waals surface area contributed by atoms with Crippen molar-refractivity contribution in [3.05, 3.63) is 53.4 Å². The van der Waals surface area contributed by atoms with E-state index in [0.717, 1.165) is 15.8 Å². The quantitative estimate of drug-likeness (QED) is 0.777. The number of benzene rings is 1. The second-order valence-corrected chi connectivity index (χ2v) is 5.26. The van der Waals surface area contributed by atoms with E-state index in [1.54, 1.807) is 18.4 Å². The topological polar surface area (TPSA) is 47.0 Å². The first-order chi connectivity index (χ1) is 10.4. The van der Waals surface area contributed by atoms with Crippen LogP contribution >= 0.6 is 11.3 Å². The smallest absolute Gasteiger partial charge is 0.227 e. The van der Waals surface area contributed by atoms with Crippen LogP contribution < -0.4 is 10.1 Å². The number of nitrogens with zero attached hydrogens (tertiary/aromatic N) is 2. The molecule has 0 aliphatic rings. The molecule has 4 nitrogen and oxygen atoms in total. The predicted octanol–water partition coefficient (Wildman–Crippen LogP) is 3.83. The molecule has 1 N–H and O–H groups in total. The number of nitrogens with one attached hydrogen (secondary N) is 1. The third kappa shape index (κ3) is 3.20. The fourth-order valence-electron chi connectivity index (χ4n) is 1.93. The van der Waals surface area contributed by atoms with Crippen molar-refractivity contribution in [1.82, 2.24) is 9.97 Å². The number of hydrogen-bond acceptors (Lipinski definition) is 5. The van der Waals surface area contributed by atoms with E-state index in [4.69, 9.17) is 4.74 Å². The van der Waals surface area contributed by atoms with Crippen LogP contribution in [0.25, 0.3) is 16.3 Å². The highest BCUT2D eigenvalue weighted by Gasteiger charge is 2.08. The first-order valence-corrected chi connectivity index (χ1v) is 7.52. The molecule has 2 aromatic heterocycles. The minimum absolute atomic E-state index is 0.472. The van der Waals surface area contributed by atoms with Gasteiger partial charge in [0.1, 0.15) is 11.4 Å².